The van der Waals surface area contributed by atoms with Crippen LogP contribution in [0.15, 0.2) is 0 Å². The number of fused-ring (bicyclic) bond motifs is 1. The molecule has 0 radical (unpaired) electrons. The van der Waals surface area contributed by atoms with Gasteiger partial charge < -0.3 is 36.0 Å². The molecule has 4 amide bonds. The minimum absolute atomic E-state index is 0.262. The molecule has 2 fully saturated rings. The Kier molecular flexibility index (Phi) is 5.29. The van der Waals surface area contributed by atoms with Gasteiger partial charge in [-0.15, -0.1) is 0 Å². The summed E-state index contributed by atoms with van der Waals surface area (Å²) in [4.78, 5) is 39.6. The molecule has 2 aliphatic heterocycles. The lowest BCUT2D eigenvalue weighted by Crippen LogP contribution is -2.39. The maximum absolute atomic E-state index is 10.5. The van der Waals surface area contributed by atoms with Gasteiger partial charge in [-0.05, 0) is 0 Å². The van der Waals surface area contributed by atoms with Crippen molar-refractivity contribution < 1.29 is 9.59 Å². The van der Waals surface area contributed by atoms with E-state index in [9.17, 15) is 9.59 Å². The van der Waals surface area contributed by atoms with Crippen molar-refractivity contribution >= 4 is 29.9 Å². The SMILES string of the molecule is CN(C)c1nc(N(C)C)nc(N(C)C)n1.O=C1NC2NC(=O)NC2N1. The lowest BCUT2D eigenvalue weighted by Gasteiger charge is -2.18. The van der Waals surface area contributed by atoms with Crippen LogP contribution in [-0.2, 0) is 0 Å². The van der Waals surface area contributed by atoms with Gasteiger partial charge in [-0.1, -0.05) is 0 Å². The van der Waals surface area contributed by atoms with Crippen LogP contribution in [0.3, 0.4) is 0 Å². The molecule has 2 saturated heterocycles. The Morgan fingerprint density at radius 1 is 0.600 bits per heavy atom. The molecule has 138 valence electrons. The second-order valence-electron chi connectivity index (χ2n) is 6.11. The maximum atomic E-state index is 10.5. The predicted molar refractivity (Wildman–Crippen MR) is 93.7 cm³/mol. The maximum Gasteiger partial charge on any atom is 0.318 e. The predicted octanol–water partition coefficient (Wildman–Crippen LogP) is -1.67. The van der Waals surface area contributed by atoms with Crippen LogP contribution in [0.5, 0.6) is 0 Å². The Hall–Kier alpha value is -3.05. The summed E-state index contributed by atoms with van der Waals surface area (Å²) in [5.41, 5.74) is 0. The van der Waals surface area contributed by atoms with Crippen LogP contribution in [-0.4, -0.2) is 81.6 Å². The summed E-state index contributed by atoms with van der Waals surface area (Å²) in [6.07, 6.45) is -0.583. The fraction of sp³-hybridized carbons (Fsp3) is 0.615. The van der Waals surface area contributed by atoms with E-state index in [4.69, 9.17) is 0 Å². The number of carbonyl (C=O) groups is 2. The number of hydrogen-bond donors (Lipinski definition) is 4. The topological polar surface area (TPSA) is 131 Å². The normalized spacial score (nSPS) is 20.2. The molecule has 3 heterocycles. The summed E-state index contributed by atoms with van der Waals surface area (Å²) < 4.78 is 0. The highest BCUT2D eigenvalue weighted by atomic mass is 16.2. The summed E-state index contributed by atoms with van der Waals surface area (Å²) in [7, 11) is 11.5. The van der Waals surface area contributed by atoms with Crippen molar-refractivity contribution in [1.29, 1.82) is 0 Å². The first kappa shape index (κ1) is 18.3. The molecule has 0 spiro atoms. The molecular weight excluding hydrogens is 328 g/mol. The fourth-order valence-electron chi connectivity index (χ4n) is 2.00. The van der Waals surface area contributed by atoms with E-state index in [-0.39, 0.29) is 24.4 Å². The second kappa shape index (κ2) is 7.23. The van der Waals surface area contributed by atoms with Crippen molar-refractivity contribution in [2.45, 2.75) is 12.3 Å². The van der Waals surface area contributed by atoms with Crippen LogP contribution in [0, 0.1) is 0 Å². The minimum atomic E-state index is -0.292. The number of urea groups is 2. The van der Waals surface area contributed by atoms with Crippen molar-refractivity contribution in [2.24, 2.45) is 0 Å². The van der Waals surface area contributed by atoms with E-state index in [0.29, 0.717) is 17.8 Å². The molecule has 3 rings (SSSR count). The van der Waals surface area contributed by atoms with Crippen molar-refractivity contribution in [1.82, 2.24) is 36.2 Å². The third-order valence-electron chi connectivity index (χ3n) is 3.28. The number of rotatable bonds is 3. The molecule has 1 aromatic heterocycles. The molecule has 0 aliphatic carbocycles. The zero-order valence-corrected chi connectivity index (χ0v) is 15.2. The highest BCUT2D eigenvalue weighted by Gasteiger charge is 2.38. The van der Waals surface area contributed by atoms with Gasteiger partial charge in [0.25, 0.3) is 0 Å². The number of carbonyl (C=O) groups excluding carboxylic acids is 2. The van der Waals surface area contributed by atoms with Gasteiger partial charge in [-0.2, -0.15) is 15.0 Å². The monoisotopic (exact) mass is 352 g/mol. The number of aromatic nitrogens is 3. The molecule has 0 atom stereocenters. The molecule has 25 heavy (non-hydrogen) atoms. The van der Waals surface area contributed by atoms with Crippen molar-refractivity contribution in [3.05, 3.63) is 0 Å². The van der Waals surface area contributed by atoms with E-state index in [1.807, 2.05) is 57.0 Å². The molecule has 0 unspecified atom stereocenters. The largest absolute Gasteiger partial charge is 0.347 e. The van der Waals surface area contributed by atoms with E-state index in [2.05, 4.69) is 36.2 Å². The Morgan fingerprint density at radius 2 is 0.840 bits per heavy atom. The molecular formula is C13H24N10O2. The number of nitrogens with one attached hydrogen (secondary N) is 4. The number of anilines is 3. The minimum Gasteiger partial charge on any atom is -0.347 e. The van der Waals surface area contributed by atoms with Crippen LogP contribution in [0.25, 0.3) is 0 Å². The van der Waals surface area contributed by atoms with E-state index in [0.717, 1.165) is 0 Å². The lowest BCUT2D eigenvalue weighted by molar-refractivity contribution is 0.239. The van der Waals surface area contributed by atoms with Crippen LogP contribution in [0.2, 0.25) is 0 Å². The second-order valence-corrected chi connectivity index (χ2v) is 6.11. The Balaban J connectivity index is 0.000000194. The van der Waals surface area contributed by atoms with Crippen molar-refractivity contribution in [3.8, 4) is 0 Å². The Labute approximate surface area is 146 Å². The Bertz CT molecular complexity index is 545. The standard InChI is InChI=1S/C9H18N6.C4H6N4O2/c1-13(2)7-10-8(14(3)4)12-9(11-7)15(5)6;9-3-5-1-2(7-3)8-4(10)6-1/h1-6H3;1-2H,(H2,5,7,9)(H2,6,8,10). The smallest absolute Gasteiger partial charge is 0.318 e. The summed E-state index contributed by atoms with van der Waals surface area (Å²) in [6, 6.07) is -0.523. The van der Waals surface area contributed by atoms with Gasteiger partial charge in [0.1, 0.15) is 12.3 Å². The lowest BCUT2D eigenvalue weighted by atomic mass is 10.4. The molecule has 0 saturated carbocycles. The van der Waals surface area contributed by atoms with Gasteiger partial charge in [0.05, 0.1) is 0 Å². The average Bonchev–Trinajstić information content (AvgIpc) is 3.02. The quantitative estimate of drug-likeness (QED) is 0.508. The molecule has 0 aromatic carbocycles. The van der Waals surface area contributed by atoms with E-state index >= 15 is 0 Å². The number of hydrogen-bond acceptors (Lipinski definition) is 8. The van der Waals surface area contributed by atoms with Gasteiger partial charge in [-0.25, -0.2) is 9.59 Å². The van der Waals surface area contributed by atoms with E-state index in [1.165, 1.54) is 0 Å². The first-order valence-corrected chi connectivity index (χ1v) is 7.59. The average molecular weight is 352 g/mol. The molecule has 2 aliphatic rings. The summed E-state index contributed by atoms with van der Waals surface area (Å²) in [6.45, 7) is 0. The zero-order chi connectivity index (χ0) is 18.7. The molecule has 12 heteroatoms. The van der Waals surface area contributed by atoms with Crippen LogP contribution in [0.1, 0.15) is 0 Å². The molecule has 12 nitrogen and oxygen atoms in total. The van der Waals surface area contributed by atoms with Crippen molar-refractivity contribution in [3.63, 3.8) is 0 Å². The third-order valence-corrected chi connectivity index (χ3v) is 3.28. The fourth-order valence-corrected chi connectivity index (χ4v) is 2.00. The third kappa shape index (κ3) is 4.49. The highest BCUT2D eigenvalue weighted by Crippen LogP contribution is 2.14. The summed E-state index contributed by atoms with van der Waals surface area (Å²) >= 11 is 0. The van der Waals surface area contributed by atoms with Crippen molar-refractivity contribution in [2.75, 3.05) is 57.0 Å². The van der Waals surface area contributed by atoms with Gasteiger partial charge >= 0.3 is 12.1 Å². The molecule has 4 N–H and O–H groups in total. The van der Waals surface area contributed by atoms with Gasteiger partial charge in [0.2, 0.25) is 17.8 Å². The first-order valence-electron chi connectivity index (χ1n) is 7.59. The highest BCUT2D eigenvalue weighted by molar-refractivity contribution is 5.84. The van der Waals surface area contributed by atoms with E-state index < -0.39 is 0 Å². The van der Waals surface area contributed by atoms with Crippen LogP contribution < -0.4 is 36.0 Å². The Morgan fingerprint density at radius 3 is 1.04 bits per heavy atom. The van der Waals surface area contributed by atoms with Gasteiger partial charge in [-0.3, -0.25) is 0 Å². The molecule has 1 aromatic rings. The van der Waals surface area contributed by atoms with Gasteiger partial charge in [0.15, 0.2) is 0 Å². The summed E-state index contributed by atoms with van der Waals surface area (Å²) in [5, 5.41) is 10.0. The summed E-state index contributed by atoms with van der Waals surface area (Å²) in [5.74, 6) is 1.99. The van der Waals surface area contributed by atoms with Gasteiger partial charge in [0, 0.05) is 42.3 Å². The number of amides is 4. The first-order chi connectivity index (χ1) is 11.7. The number of nitrogens with zero attached hydrogens (tertiary/aromatic N) is 6. The van der Waals surface area contributed by atoms with Crippen LogP contribution >= 0.6 is 0 Å². The van der Waals surface area contributed by atoms with Crippen LogP contribution in [0.4, 0.5) is 27.4 Å². The van der Waals surface area contributed by atoms with E-state index in [1.54, 1.807) is 0 Å². The molecule has 0 bridgehead atoms. The zero-order valence-electron chi connectivity index (χ0n) is 15.2.